The molecule has 0 aliphatic rings. The molecule has 0 saturated carbocycles. The second kappa shape index (κ2) is 2.30. The summed E-state index contributed by atoms with van der Waals surface area (Å²) >= 11 is 0. The highest BCUT2D eigenvalue weighted by molar-refractivity contribution is 8.45. The maximum absolute atomic E-state index is 12.1. The Balaban J connectivity index is 3.35. The molecule has 0 aromatic heterocycles. The Morgan fingerprint density at radius 3 is 2.00 bits per heavy atom. The van der Waals surface area contributed by atoms with E-state index >= 15 is 0 Å². The average Bonchev–Trinajstić information content (AvgIpc) is 2.01. The molecule has 1 aromatic rings. The van der Waals surface area contributed by atoms with Crippen molar-refractivity contribution in [3.63, 3.8) is 0 Å². The highest BCUT2D eigenvalue weighted by atomic mass is 32.5. The van der Waals surface area contributed by atoms with Crippen molar-refractivity contribution in [2.75, 3.05) is 5.54 Å². The summed E-state index contributed by atoms with van der Waals surface area (Å²) in [4.78, 5) is -2.12. The molecule has 0 aliphatic carbocycles. The van der Waals surface area contributed by atoms with Crippen molar-refractivity contribution in [3.8, 4) is 0 Å². The molecule has 0 amide bonds. The van der Waals surface area contributed by atoms with Gasteiger partial charge in [0.1, 0.15) is 4.90 Å². The number of rotatable bonds is 2. The number of hydrogen-bond acceptors (Lipinski definition) is 1. The minimum Gasteiger partial charge on any atom is -0.225 e. The summed E-state index contributed by atoms with van der Waals surface area (Å²) in [6.07, 6.45) is 0. The van der Waals surface area contributed by atoms with E-state index in [-0.39, 0.29) is 12.1 Å². The average molecular weight is 237 g/mol. The third-order valence-corrected chi connectivity index (χ3v) is 2.53. The Bertz CT molecular complexity index is 357. The van der Waals surface area contributed by atoms with Crippen LogP contribution in [0.25, 0.3) is 0 Å². The van der Waals surface area contributed by atoms with E-state index in [1.165, 1.54) is 0 Å². The lowest BCUT2D eigenvalue weighted by atomic mass is 10.3. The highest BCUT2D eigenvalue weighted by Crippen LogP contribution is 3.02. The molecule has 1 nitrogen and oxygen atoms in total. The molecular weight excluding hydrogens is 232 g/mol. The minimum atomic E-state index is -9.69. The van der Waals surface area contributed by atoms with Crippen molar-refractivity contribution in [1.29, 1.82) is 0 Å². The molecule has 0 spiro atoms. The molecule has 8 heteroatoms. The lowest BCUT2D eigenvalue weighted by Crippen LogP contribution is -2.05. The van der Waals surface area contributed by atoms with Crippen LogP contribution in [0.1, 0.15) is 0 Å². The van der Waals surface area contributed by atoms with Gasteiger partial charge in [0, 0.05) is 0 Å². The molecule has 0 atom stereocenters. The van der Waals surface area contributed by atoms with Crippen LogP contribution in [-0.2, 0) is 0 Å². The Labute approximate surface area is 75.4 Å². The molecule has 0 fully saturated rings. The van der Waals surface area contributed by atoms with Crippen LogP contribution in [0, 0.1) is 0 Å². The second-order valence-corrected chi connectivity index (χ2v) is 5.00. The smallest absolute Gasteiger partial charge is 0.225 e. The maximum Gasteiger partial charge on any atom is 0.310 e. The van der Waals surface area contributed by atoms with Crippen LogP contribution in [-0.4, -0.2) is 0 Å². The van der Waals surface area contributed by atoms with E-state index in [2.05, 4.69) is 0 Å². The van der Waals surface area contributed by atoms with Crippen LogP contribution in [0.2, 0.25) is 0 Å². The van der Waals surface area contributed by atoms with Crippen LogP contribution >= 0.6 is 10.2 Å². The summed E-state index contributed by atoms with van der Waals surface area (Å²) in [7, 11) is -9.69. The maximum atomic E-state index is 12.1. The molecule has 0 heterocycles. The highest BCUT2D eigenvalue weighted by Gasteiger charge is 2.65. The van der Waals surface area contributed by atoms with Crippen molar-refractivity contribution in [3.05, 3.63) is 24.3 Å². The predicted octanol–water partition coefficient (Wildman–Crippen LogP) is 4.64. The Hall–Kier alpha value is -1.05. The van der Waals surface area contributed by atoms with E-state index < -0.39 is 20.8 Å². The van der Waals surface area contributed by atoms with Crippen molar-refractivity contribution in [2.24, 2.45) is 0 Å². The van der Waals surface area contributed by atoms with E-state index in [0.29, 0.717) is 6.07 Å². The van der Waals surface area contributed by atoms with Gasteiger partial charge in [-0.05, 0) is 18.2 Å². The minimum absolute atomic E-state index is 0.0154. The van der Waals surface area contributed by atoms with Gasteiger partial charge in [-0.25, -0.2) is 5.54 Å². The van der Waals surface area contributed by atoms with Gasteiger partial charge in [-0.1, -0.05) is 25.5 Å². The Morgan fingerprint density at radius 1 is 1.00 bits per heavy atom. The summed E-state index contributed by atoms with van der Waals surface area (Å²) in [5.41, 5.74) is 0.189. The van der Waals surface area contributed by atoms with Crippen LogP contribution in [0.15, 0.2) is 29.2 Å². The number of halogens is 6. The topological polar surface area (TPSA) is 12.0 Å². The zero-order valence-corrected chi connectivity index (χ0v) is 7.30. The number of nitrogens with one attached hydrogen (secondary N) is 1. The summed E-state index contributed by atoms with van der Waals surface area (Å²) in [5.74, 6) is 0. The number of anilines is 1. The zero-order valence-electron chi connectivity index (χ0n) is 6.49. The lowest BCUT2D eigenvalue weighted by molar-refractivity contribution is 0.364. The van der Waals surface area contributed by atoms with Crippen LogP contribution < -0.4 is 5.54 Å². The second-order valence-electron chi connectivity index (χ2n) is 2.59. The molecule has 82 valence electrons. The number of benzene rings is 1. The summed E-state index contributed by atoms with van der Waals surface area (Å²) in [6, 6.07) is 1.80. The van der Waals surface area contributed by atoms with Crippen LogP contribution in [0.5, 0.6) is 0 Å². The fraction of sp³-hybridized carbons (Fsp3) is 0. The molecule has 0 unspecified atom stereocenters. The van der Waals surface area contributed by atoms with Gasteiger partial charge in [0.25, 0.3) is 0 Å². The SMILES string of the molecule is FNc1cccc(S(F)(F)(F)(F)F)c1. The molecule has 0 radical (unpaired) electrons. The van der Waals surface area contributed by atoms with Crippen molar-refractivity contribution in [1.82, 2.24) is 0 Å². The van der Waals surface area contributed by atoms with Crippen LogP contribution in [0.3, 0.4) is 0 Å². The molecule has 0 bridgehead atoms. The van der Waals surface area contributed by atoms with E-state index in [9.17, 15) is 23.9 Å². The van der Waals surface area contributed by atoms with Gasteiger partial charge in [-0.15, -0.1) is 4.48 Å². The van der Waals surface area contributed by atoms with Crippen molar-refractivity contribution >= 4 is 15.9 Å². The number of hydrogen-bond donors (Lipinski definition) is 1. The first-order valence-corrected chi connectivity index (χ1v) is 5.19. The van der Waals surface area contributed by atoms with Crippen LogP contribution in [0.4, 0.5) is 29.6 Å². The van der Waals surface area contributed by atoms with Gasteiger partial charge in [0.05, 0.1) is 5.69 Å². The van der Waals surface area contributed by atoms with Gasteiger partial charge in [-0.3, -0.25) is 0 Å². The fourth-order valence-electron chi connectivity index (χ4n) is 0.795. The van der Waals surface area contributed by atoms with Crippen molar-refractivity contribution in [2.45, 2.75) is 4.90 Å². The van der Waals surface area contributed by atoms with Gasteiger partial charge in [0.2, 0.25) is 0 Å². The van der Waals surface area contributed by atoms with Gasteiger partial charge < -0.3 is 0 Å². The van der Waals surface area contributed by atoms with E-state index in [0.717, 1.165) is 11.6 Å². The Kier molecular flexibility index (Phi) is 1.81. The fourth-order valence-corrected chi connectivity index (χ4v) is 1.48. The molecule has 1 N–H and O–H groups in total. The summed E-state index contributed by atoms with van der Waals surface area (Å²) < 4.78 is 72.3. The van der Waals surface area contributed by atoms with E-state index in [1.54, 1.807) is 0 Å². The summed E-state index contributed by atoms with van der Waals surface area (Å²) in [5, 5.41) is 0. The zero-order chi connectivity index (χ0) is 11.1. The quantitative estimate of drug-likeness (QED) is 0.583. The normalized spacial score (nSPS) is 17.0. The molecule has 1 aromatic carbocycles. The van der Waals surface area contributed by atoms with E-state index in [1.807, 2.05) is 0 Å². The van der Waals surface area contributed by atoms with Gasteiger partial charge >= 0.3 is 10.2 Å². The summed E-state index contributed by atoms with van der Waals surface area (Å²) in [6.45, 7) is 0. The first kappa shape index (κ1) is 11.0. The standard InChI is InChI=1S/C6H5F6NS/c7-13-5-2-1-3-6(4-5)14(8,9,10,11)12/h1-4,13H. The lowest BCUT2D eigenvalue weighted by Gasteiger charge is -2.40. The monoisotopic (exact) mass is 237 g/mol. The molecule has 1 rings (SSSR count). The molecule has 14 heavy (non-hydrogen) atoms. The van der Waals surface area contributed by atoms with Crippen molar-refractivity contribution < 1.29 is 23.9 Å². The van der Waals surface area contributed by atoms with Gasteiger partial charge in [-0.2, -0.15) is 0 Å². The molecule has 0 saturated heterocycles. The Morgan fingerprint density at radius 2 is 1.57 bits per heavy atom. The predicted molar refractivity (Wildman–Crippen MR) is 42.6 cm³/mol. The third kappa shape index (κ3) is 2.47. The molecule has 0 aliphatic heterocycles. The first-order valence-electron chi connectivity index (χ1n) is 3.24. The molecular formula is C6H5F6NS. The largest absolute Gasteiger partial charge is 0.310 e. The van der Waals surface area contributed by atoms with E-state index in [4.69, 9.17) is 0 Å². The van der Waals surface area contributed by atoms with Gasteiger partial charge in [0.15, 0.2) is 0 Å². The third-order valence-electron chi connectivity index (χ3n) is 1.39. The first-order chi connectivity index (χ1) is 6.03.